The fourth-order valence-corrected chi connectivity index (χ4v) is 3.26. The van der Waals surface area contributed by atoms with E-state index in [1.54, 1.807) is 24.3 Å². The normalized spacial score (nSPS) is 10.6. The highest BCUT2D eigenvalue weighted by atomic mass is 79.9. The van der Waals surface area contributed by atoms with E-state index in [0.717, 1.165) is 5.82 Å². The van der Waals surface area contributed by atoms with Crippen molar-refractivity contribution in [1.82, 2.24) is 14.5 Å². The van der Waals surface area contributed by atoms with E-state index in [2.05, 4.69) is 38.0 Å². The van der Waals surface area contributed by atoms with Crippen LogP contribution in [0.1, 0.15) is 11.4 Å². The predicted molar refractivity (Wildman–Crippen MR) is 98.5 cm³/mol. The Labute approximate surface area is 153 Å². The van der Waals surface area contributed by atoms with Crippen LogP contribution in [0.3, 0.4) is 0 Å². The number of nitro groups is 1. The first-order chi connectivity index (χ1) is 12.1. The van der Waals surface area contributed by atoms with Gasteiger partial charge in [0.1, 0.15) is 17.7 Å². The number of halogens is 1. The Kier molecular flexibility index (Phi) is 5.08. The molecule has 2 aromatic heterocycles. The minimum Gasteiger partial charge on any atom is -0.361 e. The van der Waals surface area contributed by atoms with Crippen LogP contribution in [0.15, 0.2) is 59.6 Å². The Bertz CT molecular complexity index is 882. The second kappa shape index (κ2) is 7.43. The molecule has 0 atom stereocenters. The van der Waals surface area contributed by atoms with Gasteiger partial charge in [0.2, 0.25) is 0 Å². The van der Waals surface area contributed by atoms with E-state index < -0.39 is 4.92 Å². The minimum absolute atomic E-state index is 0.0435. The average Bonchev–Trinajstić information content (AvgIpc) is 3.02. The summed E-state index contributed by atoms with van der Waals surface area (Å²) in [5.41, 5.74) is 1.60. The molecule has 0 saturated heterocycles. The molecule has 3 aromatic rings. The highest BCUT2D eigenvalue weighted by molar-refractivity contribution is 9.10. The van der Waals surface area contributed by atoms with Gasteiger partial charge in [0.15, 0.2) is 0 Å². The Morgan fingerprint density at radius 3 is 2.76 bits per heavy atom. The zero-order chi connectivity index (χ0) is 17.8. The van der Waals surface area contributed by atoms with Gasteiger partial charge < -0.3 is 9.47 Å². The molecule has 7 nitrogen and oxygen atoms in total. The SMILES string of the molecule is CN(Cc1nccn1Cc1ccccc1)c1c(Br)cncc1[N+](=O)[O-]. The van der Waals surface area contributed by atoms with Crippen LogP contribution in [-0.4, -0.2) is 26.5 Å². The van der Waals surface area contributed by atoms with Crippen LogP contribution in [0, 0.1) is 10.1 Å². The van der Waals surface area contributed by atoms with Crippen LogP contribution < -0.4 is 4.90 Å². The molecule has 0 N–H and O–H groups in total. The van der Waals surface area contributed by atoms with Gasteiger partial charge in [0, 0.05) is 32.2 Å². The van der Waals surface area contributed by atoms with E-state index in [1.807, 2.05) is 29.0 Å². The van der Waals surface area contributed by atoms with Crippen molar-refractivity contribution in [2.45, 2.75) is 13.1 Å². The summed E-state index contributed by atoms with van der Waals surface area (Å²) in [5.74, 6) is 0.823. The van der Waals surface area contributed by atoms with Gasteiger partial charge in [-0.2, -0.15) is 0 Å². The first-order valence-electron chi connectivity index (χ1n) is 7.59. The standard InChI is InChI=1S/C17H16BrN5O2/c1-21(17-14(18)9-19-10-15(17)23(24)25)12-16-20-7-8-22(16)11-13-5-3-2-4-6-13/h2-10H,11-12H2,1H3. The average molecular weight is 402 g/mol. The minimum atomic E-state index is -0.431. The van der Waals surface area contributed by atoms with Crippen molar-refractivity contribution in [1.29, 1.82) is 0 Å². The molecule has 1 aromatic carbocycles. The molecular weight excluding hydrogens is 386 g/mol. The second-order valence-electron chi connectivity index (χ2n) is 5.56. The number of nitrogens with zero attached hydrogens (tertiary/aromatic N) is 5. The zero-order valence-corrected chi connectivity index (χ0v) is 15.1. The molecule has 8 heteroatoms. The molecule has 128 valence electrons. The van der Waals surface area contributed by atoms with Crippen molar-refractivity contribution < 1.29 is 4.92 Å². The highest BCUT2D eigenvalue weighted by Crippen LogP contribution is 2.34. The van der Waals surface area contributed by atoms with Crippen LogP contribution in [0.4, 0.5) is 11.4 Å². The van der Waals surface area contributed by atoms with E-state index in [1.165, 1.54) is 11.8 Å². The van der Waals surface area contributed by atoms with Crippen molar-refractivity contribution in [2.24, 2.45) is 0 Å². The summed E-state index contributed by atoms with van der Waals surface area (Å²) >= 11 is 3.36. The molecule has 0 aliphatic heterocycles. The Morgan fingerprint density at radius 2 is 2.04 bits per heavy atom. The van der Waals surface area contributed by atoms with Gasteiger partial charge in [-0.3, -0.25) is 15.1 Å². The fourth-order valence-electron chi connectivity index (χ4n) is 2.64. The van der Waals surface area contributed by atoms with Crippen molar-refractivity contribution in [3.8, 4) is 0 Å². The van der Waals surface area contributed by atoms with Gasteiger partial charge in [-0.1, -0.05) is 30.3 Å². The number of imidazole rings is 1. The highest BCUT2D eigenvalue weighted by Gasteiger charge is 2.22. The Balaban J connectivity index is 1.85. The summed E-state index contributed by atoms with van der Waals surface area (Å²) in [6.45, 7) is 1.13. The topological polar surface area (TPSA) is 77.1 Å². The first-order valence-corrected chi connectivity index (χ1v) is 8.38. The molecule has 0 radical (unpaired) electrons. The third-order valence-corrected chi connectivity index (χ3v) is 4.39. The maximum absolute atomic E-state index is 11.3. The smallest absolute Gasteiger partial charge is 0.311 e. The van der Waals surface area contributed by atoms with E-state index in [9.17, 15) is 10.1 Å². The number of hydrogen-bond acceptors (Lipinski definition) is 5. The summed E-state index contributed by atoms with van der Waals surface area (Å²) in [4.78, 5) is 20.9. The van der Waals surface area contributed by atoms with Crippen LogP contribution in [-0.2, 0) is 13.1 Å². The van der Waals surface area contributed by atoms with Gasteiger partial charge in [-0.15, -0.1) is 0 Å². The lowest BCUT2D eigenvalue weighted by atomic mass is 10.2. The van der Waals surface area contributed by atoms with Gasteiger partial charge in [0.05, 0.1) is 15.9 Å². The number of aromatic nitrogens is 3. The predicted octanol–water partition coefficient (Wildman–Crippen LogP) is 3.63. The van der Waals surface area contributed by atoms with E-state index in [4.69, 9.17) is 0 Å². The summed E-state index contributed by atoms with van der Waals surface area (Å²) < 4.78 is 2.61. The van der Waals surface area contributed by atoms with Crippen LogP contribution in [0.25, 0.3) is 0 Å². The number of benzene rings is 1. The largest absolute Gasteiger partial charge is 0.361 e. The molecule has 0 bridgehead atoms. The quantitative estimate of drug-likeness (QED) is 0.465. The number of hydrogen-bond donors (Lipinski definition) is 0. The van der Waals surface area contributed by atoms with Crippen molar-refractivity contribution in [3.63, 3.8) is 0 Å². The number of rotatable bonds is 6. The molecule has 3 rings (SSSR count). The molecule has 2 heterocycles. The molecule has 0 aliphatic rings. The van der Waals surface area contributed by atoms with Gasteiger partial charge in [0.25, 0.3) is 0 Å². The lowest BCUT2D eigenvalue weighted by Crippen LogP contribution is -2.21. The van der Waals surface area contributed by atoms with Crippen LogP contribution >= 0.6 is 15.9 Å². The molecule has 0 aliphatic carbocycles. The molecule has 0 spiro atoms. The van der Waals surface area contributed by atoms with E-state index >= 15 is 0 Å². The second-order valence-corrected chi connectivity index (χ2v) is 6.41. The number of anilines is 1. The molecular formula is C17H16BrN5O2. The maximum Gasteiger partial charge on any atom is 0.311 e. The number of pyridine rings is 1. The van der Waals surface area contributed by atoms with Gasteiger partial charge in [-0.25, -0.2) is 4.98 Å². The van der Waals surface area contributed by atoms with Crippen molar-refractivity contribution in [2.75, 3.05) is 11.9 Å². The third kappa shape index (κ3) is 3.85. The van der Waals surface area contributed by atoms with Crippen molar-refractivity contribution >= 4 is 27.3 Å². The summed E-state index contributed by atoms with van der Waals surface area (Å²) in [7, 11) is 1.80. The van der Waals surface area contributed by atoms with Gasteiger partial charge >= 0.3 is 5.69 Å². The lowest BCUT2D eigenvalue weighted by Gasteiger charge is -2.20. The van der Waals surface area contributed by atoms with Crippen LogP contribution in [0.2, 0.25) is 0 Å². The van der Waals surface area contributed by atoms with Gasteiger partial charge in [-0.05, 0) is 21.5 Å². The molecule has 0 saturated carbocycles. The molecule has 0 fully saturated rings. The monoisotopic (exact) mass is 401 g/mol. The maximum atomic E-state index is 11.3. The summed E-state index contributed by atoms with van der Waals surface area (Å²) in [6, 6.07) is 10.1. The molecule has 25 heavy (non-hydrogen) atoms. The molecule has 0 unspecified atom stereocenters. The molecule has 0 amide bonds. The zero-order valence-electron chi connectivity index (χ0n) is 13.5. The third-order valence-electron chi connectivity index (χ3n) is 3.81. The first kappa shape index (κ1) is 17.1. The summed E-state index contributed by atoms with van der Waals surface area (Å²) in [6.07, 6.45) is 6.45. The van der Waals surface area contributed by atoms with E-state index in [-0.39, 0.29) is 5.69 Å². The van der Waals surface area contributed by atoms with Crippen molar-refractivity contribution in [3.05, 3.63) is 81.1 Å². The van der Waals surface area contributed by atoms with Crippen LogP contribution in [0.5, 0.6) is 0 Å². The Morgan fingerprint density at radius 1 is 1.28 bits per heavy atom. The lowest BCUT2D eigenvalue weighted by molar-refractivity contribution is -0.384. The Hall–Kier alpha value is -2.74. The summed E-state index contributed by atoms with van der Waals surface area (Å²) in [5, 5.41) is 11.3. The fraction of sp³-hybridized carbons (Fsp3) is 0.176. The van der Waals surface area contributed by atoms with E-state index in [0.29, 0.717) is 23.2 Å².